The van der Waals surface area contributed by atoms with Crippen LogP contribution in [0.25, 0.3) is 0 Å². The van der Waals surface area contributed by atoms with Gasteiger partial charge in [0, 0.05) is 22.1 Å². The summed E-state index contributed by atoms with van der Waals surface area (Å²) in [6, 6.07) is 4.09. The van der Waals surface area contributed by atoms with Crippen molar-refractivity contribution < 1.29 is 5.11 Å². The van der Waals surface area contributed by atoms with Gasteiger partial charge in [0.25, 0.3) is 0 Å². The normalized spacial score (nSPS) is 20.9. The first kappa shape index (κ1) is 12.2. The number of fused-ring (bicyclic) bond motifs is 1. The summed E-state index contributed by atoms with van der Waals surface area (Å²) in [4.78, 5) is 0. The van der Waals surface area contributed by atoms with E-state index >= 15 is 0 Å². The molecule has 0 heterocycles. The summed E-state index contributed by atoms with van der Waals surface area (Å²) >= 11 is 12.2. The highest BCUT2D eigenvalue weighted by molar-refractivity contribution is 6.35. The van der Waals surface area contributed by atoms with Crippen LogP contribution < -0.4 is 5.32 Å². The van der Waals surface area contributed by atoms with Gasteiger partial charge >= 0.3 is 0 Å². The largest absolute Gasteiger partial charge is 0.395 e. The van der Waals surface area contributed by atoms with Crippen LogP contribution in [0, 0.1) is 0 Å². The number of halogens is 2. The van der Waals surface area contributed by atoms with Crippen LogP contribution in [0.1, 0.15) is 30.5 Å². The van der Waals surface area contributed by atoms with Crippen LogP contribution in [0.15, 0.2) is 12.1 Å². The summed E-state index contributed by atoms with van der Waals surface area (Å²) in [5.74, 6) is 0. The quantitative estimate of drug-likeness (QED) is 0.875. The minimum Gasteiger partial charge on any atom is -0.395 e. The summed E-state index contributed by atoms with van der Waals surface area (Å²) in [7, 11) is 0. The van der Waals surface area contributed by atoms with Crippen molar-refractivity contribution in [3.8, 4) is 0 Å². The second-order valence-corrected chi connectivity index (χ2v) is 5.15. The first-order valence-corrected chi connectivity index (χ1v) is 6.22. The van der Waals surface area contributed by atoms with E-state index in [1.807, 2.05) is 13.0 Å². The lowest BCUT2D eigenvalue weighted by Crippen LogP contribution is -2.32. The lowest BCUT2D eigenvalue weighted by atomic mass is 10.1. The maximum absolute atomic E-state index is 9.04. The van der Waals surface area contributed by atoms with Gasteiger partial charge in [-0.2, -0.15) is 0 Å². The molecular formula is C12H15Cl2NO. The van der Waals surface area contributed by atoms with Crippen molar-refractivity contribution in [1.29, 1.82) is 0 Å². The Kier molecular flexibility index (Phi) is 3.75. The first-order valence-electron chi connectivity index (χ1n) is 5.46. The fraction of sp³-hybridized carbons (Fsp3) is 0.500. The number of benzene rings is 1. The van der Waals surface area contributed by atoms with Gasteiger partial charge in [-0.15, -0.1) is 0 Å². The second-order valence-electron chi connectivity index (χ2n) is 4.30. The highest BCUT2D eigenvalue weighted by atomic mass is 35.5. The highest BCUT2D eigenvalue weighted by Crippen LogP contribution is 2.38. The van der Waals surface area contributed by atoms with E-state index in [4.69, 9.17) is 28.3 Å². The molecule has 0 aliphatic heterocycles. The molecule has 1 aromatic carbocycles. The molecule has 1 aromatic rings. The van der Waals surface area contributed by atoms with Crippen molar-refractivity contribution in [2.45, 2.75) is 31.8 Å². The van der Waals surface area contributed by atoms with Gasteiger partial charge < -0.3 is 10.4 Å². The number of aryl methyl sites for hydroxylation is 1. The fourth-order valence-corrected chi connectivity index (χ4v) is 2.91. The van der Waals surface area contributed by atoms with E-state index in [0.29, 0.717) is 5.02 Å². The van der Waals surface area contributed by atoms with Gasteiger partial charge in [-0.3, -0.25) is 0 Å². The Bertz CT molecular complexity index is 395. The SMILES string of the molecule is C[C@H](CO)NC1CCc2cc(Cl)cc(Cl)c21. The number of aliphatic hydroxyl groups is 1. The summed E-state index contributed by atoms with van der Waals surface area (Å²) in [6.45, 7) is 2.10. The molecule has 2 nitrogen and oxygen atoms in total. The molecule has 0 fully saturated rings. The van der Waals surface area contributed by atoms with Crippen molar-refractivity contribution in [2.24, 2.45) is 0 Å². The average Bonchev–Trinajstić information content (AvgIpc) is 2.61. The zero-order chi connectivity index (χ0) is 11.7. The Morgan fingerprint density at radius 3 is 2.94 bits per heavy atom. The minimum absolute atomic E-state index is 0.0858. The predicted molar refractivity (Wildman–Crippen MR) is 67.2 cm³/mol. The average molecular weight is 260 g/mol. The molecule has 0 saturated carbocycles. The summed E-state index contributed by atoms with van der Waals surface area (Å²) in [5.41, 5.74) is 2.37. The molecule has 0 aromatic heterocycles. The molecule has 2 atom stereocenters. The molecule has 0 saturated heterocycles. The van der Waals surface area contributed by atoms with Crippen LogP contribution in [0.2, 0.25) is 10.0 Å². The second kappa shape index (κ2) is 4.92. The fourth-order valence-electron chi connectivity index (χ4n) is 2.24. The van der Waals surface area contributed by atoms with Crippen LogP contribution in [0.3, 0.4) is 0 Å². The van der Waals surface area contributed by atoms with Gasteiger partial charge in [0.1, 0.15) is 0 Å². The molecule has 1 aliphatic rings. The molecule has 1 unspecified atom stereocenters. The van der Waals surface area contributed by atoms with Crippen LogP contribution in [0.5, 0.6) is 0 Å². The van der Waals surface area contributed by atoms with Crippen molar-refractivity contribution in [1.82, 2.24) is 5.32 Å². The molecule has 88 valence electrons. The summed E-state index contributed by atoms with van der Waals surface area (Å²) < 4.78 is 0. The molecular weight excluding hydrogens is 245 g/mol. The van der Waals surface area contributed by atoms with Crippen molar-refractivity contribution in [3.63, 3.8) is 0 Å². The molecule has 0 radical (unpaired) electrons. The third kappa shape index (κ3) is 2.35. The number of nitrogens with one attached hydrogen (secondary N) is 1. The van der Waals surface area contributed by atoms with Crippen molar-refractivity contribution >= 4 is 23.2 Å². The zero-order valence-electron chi connectivity index (χ0n) is 9.13. The predicted octanol–water partition coefficient (Wildman–Crippen LogP) is 2.95. The molecule has 0 spiro atoms. The first-order chi connectivity index (χ1) is 7.61. The van der Waals surface area contributed by atoms with E-state index in [1.165, 1.54) is 5.56 Å². The van der Waals surface area contributed by atoms with E-state index in [2.05, 4.69) is 5.32 Å². The highest BCUT2D eigenvalue weighted by Gasteiger charge is 2.26. The van der Waals surface area contributed by atoms with Gasteiger partial charge in [0.2, 0.25) is 0 Å². The van der Waals surface area contributed by atoms with Crippen LogP contribution in [-0.2, 0) is 6.42 Å². The van der Waals surface area contributed by atoms with Gasteiger partial charge in [0.15, 0.2) is 0 Å². The van der Waals surface area contributed by atoms with Gasteiger partial charge in [-0.25, -0.2) is 0 Å². The molecule has 0 bridgehead atoms. The zero-order valence-corrected chi connectivity index (χ0v) is 10.6. The Labute approximate surface area is 106 Å². The molecule has 1 aliphatic carbocycles. The molecule has 4 heteroatoms. The number of hydrogen-bond acceptors (Lipinski definition) is 2. The van der Waals surface area contributed by atoms with E-state index in [9.17, 15) is 0 Å². The topological polar surface area (TPSA) is 32.3 Å². The van der Waals surface area contributed by atoms with Gasteiger partial charge in [-0.05, 0) is 43.0 Å². The molecule has 2 rings (SSSR count). The maximum Gasteiger partial charge on any atom is 0.0582 e. The lowest BCUT2D eigenvalue weighted by molar-refractivity contribution is 0.240. The third-order valence-corrected chi connectivity index (χ3v) is 3.52. The van der Waals surface area contributed by atoms with E-state index < -0.39 is 0 Å². The van der Waals surface area contributed by atoms with Crippen LogP contribution >= 0.6 is 23.2 Å². The Morgan fingerprint density at radius 2 is 2.25 bits per heavy atom. The summed E-state index contributed by atoms with van der Waals surface area (Å²) in [5, 5.41) is 13.8. The standard InChI is InChI=1S/C12H15Cl2NO/c1-7(6-16)15-11-3-2-8-4-9(13)5-10(14)12(8)11/h4-5,7,11,15-16H,2-3,6H2,1H3/t7-,11?/m1/s1. The van der Waals surface area contributed by atoms with Crippen molar-refractivity contribution in [3.05, 3.63) is 33.3 Å². The van der Waals surface area contributed by atoms with E-state index in [1.54, 1.807) is 6.07 Å². The van der Waals surface area contributed by atoms with E-state index in [0.717, 1.165) is 23.4 Å². The Hall–Kier alpha value is -0.280. The maximum atomic E-state index is 9.04. The number of hydrogen-bond donors (Lipinski definition) is 2. The van der Waals surface area contributed by atoms with E-state index in [-0.39, 0.29) is 18.7 Å². The van der Waals surface area contributed by atoms with Crippen LogP contribution in [0.4, 0.5) is 0 Å². The molecule has 0 amide bonds. The monoisotopic (exact) mass is 259 g/mol. The van der Waals surface area contributed by atoms with Crippen LogP contribution in [-0.4, -0.2) is 17.8 Å². The molecule has 16 heavy (non-hydrogen) atoms. The van der Waals surface area contributed by atoms with Gasteiger partial charge in [0.05, 0.1) is 6.61 Å². The summed E-state index contributed by atoms with van der Waals surface area (Å²) in [6.07, 6.45) is 2.01. The lowest BCUT2D eigenvalue weighted by Gasteiger charge is -2.19. The smallest absolute Gasteiger partial charge is 0.0582 e. The number of rotatable bonds is 3. The Morgan fingerprint density at radius 1 is 1.50 bits per heavy atom. The molecule has 2 N–H and O–H groups in total. The van der Waals surface area contributed by atoms with Gasteiger partial charge in [-0.1, -0.05) is 23.2 Å². The number of aliphatic hydroxyl groups excluding tert-OH is 1. The third-order valence-electron chi connectivity index (χ3n) is 2.99. The Balaban J connectivity index is 2.25. The van der Waals surface area contributed by atoms with Crippen molar-refractivity contribution in [2.75, 3.05) is 6.61 Å². The minimum atomic E-state index is 0.0858.